The van der Waals surface area contributed by atoms with E-state index >= 15 is 0 Å². The van der Waals surface area contributed by atoms with Gasteiger partial charge in [0.25, 0.3) is 0 Å². The normalized spacial score (nSPS) is 24.3. The van der Waals surface area contributed by atoms with Crippen LogP contribution in [-0.4, -0.2) is 85.0 Å². The number of nitrogens with zero attached hydrogens (tertiary/aromatic N) is 3. The minimum atomic E-state index is 0.191. The molecule has 3 fully saturated rings. The Kier molecular flexibility index (Phi) is 7.53. The third kappa shape index (κ3) is 6.18. The Balaban J connectivity index is 1.56. The summed E-state index contributed by atoms with van der Waals surface area (Å²) in [4.78, 5) is 32.1. The Bertz CT molecular complexity index is 501. The lowest BCUT2D eigenvalue weighted by molar-refractivity contribution is -0.141. The van der Waals surface area contributed by atoms with Crippen molar-refractivity contribution in [1.82, 2.24) is 14.7 Å². The van der Waals surface area contributed by atoms with E-state index in [1.165, 1.54) is 0 Å². The minimum Gasteiger partial charge on any atom is -0.379 e. The van der Waals surface area contributed by atoms with Crippen LogP contribution in [0.25, 0.3) is 0 Å². The third-order valence-corrected chi connectivity index (χ3v) is 6.10. The number of morpholine rings is 1. The van der Waals surface area contributed by atoms with Gasteiger partial charge in [0.1, 0.15) is 0 Å². The van der Waals surface area contributed by atoms with Gasteiger partial charge in [0, 0.05) is 57.6 Å². The molecular weight excluding hydrogens is 342 g/mol. The number of carbonyl (C=O) groups excluding carboxylic acids is 2. The van der Waals surface area contributed by atoms with Crippen molar-refractivity contribution < 1.29 is 14.3 Å². The van der Waals surface area contributed by atoms with Gasteiger partial charge in [-0.15, -0.1) is 0 Å². The first-order valence-electron chi connectivity index (χ1n) is 10.9. The molecule has 1 unspecified atom stereocenters. The summed E-state index contributed by atoms with van der Waals surface area (Å²) in [5.41, 5.74) is 0. The van der Waals surface area contributed by atoms with Crippen molar-refractivity contribution >= 4 is 11.8 Å². The predicted octanol–water partition coefficient (Wildman–Crippen LogP) is 1.98. The van der Waals surface area contributed by atoms with Crippen molar-refractivity contribution in [3.8, 4) is 0 Å². The molecule has 2 aliphatic heterocycles. The predicted molar refractivity (Wildman–Crippen MR) is 105 cm³/mol. The van der Waals surface area contributed by atoms with E-state index < -0.39 is 0 Å². The van der Waals surface area contributed by atoms with Gasteiger partial charge >= 0.3 is 0 Å². The molecule has 0 bridgehead atoms. The van der Waals surface area contributed by atoms with Gasteiger partial charge in [-0.3, -0.25) is 14.5 Å². The lowest BCUT2D eigenvalue weighted by Gasteiger charge is -2.40. The molecule has 27 heavy (non-hydrogen) atoms. The van der Waals surface area contributed by atoms with E-state index in [2.05, 4.69) is 23.6 Å². The fourth-order valence-corrected chi connectivity index (χ4v) is 4.12. The SMILES string of the molecule is CC(C)CCC(=O)N1CCCC(N(CCN2CCOCC2)C(=O)C2CC2)C1. The van der Waals surface area contributed by atoms with Crippen molar-refractivity contribution in [2.75, 3.05) is 52.5 Å². The molecule has 2 heterocycles. The van der Waals surface area contributed by atoms with E-state index in [4.69, 9.17) is 4.74 Å². The maximum absolute atomic E-state index is 12.9. The summed E-state index contributed by atoms with van der Waals surface area (Å²) >= 11 is 0. The highest BCUT2D eigenvalue weighted by atomic mass is 16.5. The van der Waals surface area contributed by atoms with Crippen LogP contribution in [0.3, 0.4) is 0 Å². The summed E-state index contributed by atoms with van der Waals surface area (Å²) in [5.74, 6) is 1.38. The highest BCUT2D eigenvalue weighted by molar-refractivity contribution is 5.81. The summed E-state index contributed by atoms with van der Waals surface area (Å²) in [6, 6.07) is 0.191. The topological polar surface area (TPSA) is 53.1 Å². The number of hydrogen-bond acceptors (Lipinski definition) is 4. The molecule has 0 aromatic carbocycles. The van der Waals surface area contributed by atoms with Crippen LogP contribution < -0.4 is 0 Å². The lowest BCUT2D eigenvalue weighted by atomic mass is 10.0. The van der Waals surface area contributed by atoms with Crippen molar-refractivity contribution in [3.05, 3.63) is 0 Å². The third-order valence-electron chi connectivity index (χ3n) is 6.10. The van der Waals surface area contributed by atoms with Crippen molar-refractivity contribution in [2.45, 2.75) is 58.4 Å². The number of ether oxygens (including phenoxy) is 1. The second-order valence-corrected chi connectivity index (χ2v) is 8.83. The van der Waals surface area contributed by atoms with Crippen LogP contribution in [0.1, 0.15) is 52.4 Å². The first-order chi connectivity index (χ1) is 13.0. The average molecular weight is 380 g/mol. The molecule has 0 aromatic heterocycles. The molecule has 3 aliphatic rings. The van der Waals surface area contributed by atoms with Gasteiger partial charge in [0.15, 0.2) is 0 Å². The van der Waals surface area contributed by atoms with Crippen LogP contribution in [0.15, 0.2) is 0 Å². The summed E-state index contributed by atoms with van der Waals surface area (Å²) < 4.78 is 5.43. The second-order valence-electron chi connectivity index (χ2n) is 8.83. The Morgan fingerprint density at radius 2 is 1.85 bits per heavy atom. The van der Waals surface area contributed by atoms with Crippen LogP contribution >= 0.6 is 0 Å². The average Bonchev–Trinajstić information content (AvgIpc) is 3.52. The van der Waals surface area contributed by atoms with Crippen LogP contribution in [0.2, 0.25) is 0 Å². The molecule has 3 rings (SSSR count). The Hall–Kier alpha value is -1.14. The first-order valence-corrected chi connectivity index (χ1v) is 10.9. The van der Waals surface area contributed by atoms with Gasteiger partial charge in [-0.2, -0.15) is 0 Å². The highest BCUT2D eigenvalue weighted by Crippen LogP contribution is 2.32. The van der Waals surface area contributed by atoms with E-state index in [1.54, 1.807) is 0 Å². The number of carbonyl (C=O) groups is 2. The molecule has 1 saturated carbocycles. The van der Waals surface area contributed by atoms with E-state index in [1.807, 2.05) is 4.90 Å². The zero-order valence-electron chi connectivity index (χ0n) is 17.2. The fraction of sp³-hybridized carbons (Fsp3) is 0.905. The smallest absolute Gasteiger partial charge is 0.226 e. The van der Waals surface area contributed by atoms with Crippen LogP contribution in [0.5, 0.6) is 0 Å². The summed E-state index contributed by atoms with van der Waals surface area (Å²) in [6.45, 7) is 11.1. The maximum atomic E-state index is 12.9. The van der Waals surface area contributed by atoms with Gasteiger partial charge in [-0.1, -0.05) is 13.8 Å². The molecule has 0 aromatic rings. The zero-order chi connectivity index (χ0) is 19.2. The summed E-state index contributed by atoms with van der Waals surface area (Å²) in [7, 11) is 0. The summed E-state index contributed by atoms with van der Waals surface area (Å²) in [5, 5.41) is 0. The first kappa shape index (κ1) is 20.6. The molecule has 0 radical (unpaired) electrons. The Labute approximate surface area is 164 Å². The van der Waals surface area contributed by atoms with Crippen molar-refractivity contribution in [2.24, 2.45) is 11.8 Å². The van der Waals surface area contributed by atoms with E-state index in [-0.39, 0.29) is 17.9 Å². The molecule has 1 atom stereocenters. The summed E-state index contributed by atoms with van der Waals surface area (Å²) in [6.07, 6.45) is 5.68. The quantitative estimate of drug-likeness (QED) is 0.647. The van der Waals surface area contributed by atoms with Crippen molar-refractivity contribution in [3.63, 3.8) is 0 Å². The standard InChI is InChI=1S/C21H37N3O3/c1-17(2)5-8-20(25)23-9-3-4-19(16-23)24(21(26)18-6-7-18)11-10-22-12-14-27-15-13-22/h17-19H,3-16H2,1-2H3. The fourth-order valence-electron chi connectivity index (χ4n) is 4.12. The van der Waals surface area contributed by atoms with E-state index in [0.29, 0.717) is 18.2 Å². The van der Waals surface area contributed by atoms with Gasteiger partial charge in [-0.25, -0.2) is 0 Å². The van der Waals surface area contributed by atoms with E-state index in [9.17, 15) is 9.59 Å². The van der Waals surface area contributed by atoms with Gasteiger partial charge in [0.05, 0.1) is 13.2 Å². The van der Waals surface area contributed by atoms with Crippen LogP contribution in [0.4, 0.5) is 0 Å². The van der Waals surface area contributed by atoms with Gasteiger partial charge < -0.3 is 14.5 Å². The monoisotopic (exact) mass is 379 g/mol. The second kappa shape index (κ2) is 9.87. The molecule has 6 nitrogen and oxygen atoms in total. The van der Waals surface area contributed by atoms with Gasteiger partial charge in [-0.05, 0) is 38.0 Å². The Morgan fingerprint density at radius 3 is 2.52 bits per heavy atom. The molecule has 0 N–H and O–H groups in total. The number of hydrogen-bond donors (Lipinski definition) is 0. The Morgan fingerprint density at radius 1 is 1.11 bits per heavy atom. The maximum Gasteiger partial charge on any atom is 0.226 e. The molecule has 154 valence electrons. The van der Waals surface area contributed by atoms with Gasteiger partial charge in [0.2, 0.25) is 11.8 Å². The lowest BCUT2D eigenvalue weighted by Crippen LogP contribution is -2.54. The number of amides is 2. The highest BCUT2D eigenvalue weighted by Gasteiger charge is 2.38. The zero-order valence-corrected chi connectivity index (χ0v) is 17.2. The van der Waals surface area contributed by atoms with Crippen LogP contribution in [-0.2, 0) is 14.3 Å². The van der Waals surface area contributed by atoms with E-state index in [0.717, 1.165) is 84.6 Å². The van der Waals surface area contributed by atoms with Crippen LogP contribution in [0, 0.1) is 11.8 Å². The number of piperidine rings is 1. The minimum absolute atomic E-state index is 0.191. The molecule has 1 aliphatic carbocycles. The largest absolute Gasteiger partial charge is 0.379 e. The number of rotatable bonds is 8. The molecule has 6 heteroatoms. The van der Waals surface area contributed by atoms with Crippen molar-refractivity contribution in [1.29, 1.82) is 0 Å². The molecule has 0 spiro atoms. The number of likely N-dealkylation sites (tertiary alicyclic amines) is 1. The molecule has 2 saturated heterocycles. The molecule has 2 amide bonds. The molecular formula is C21H37N3O3.